The molecule has 0 aliphatic heterocycles. The molecule has 8 atom stereocenters. The summed E-state index contributed by atoms with van der Waals surface area (Å²) in [4.78, 5) is 10.2. The van der Waals surface area contributed by atoms with Crippen molar-refractivity contribution in [3.8, 4) is 0 Å². The minimum Gasteiger partial charge on any atom is -1.00 e. The number of hydrogen-bond acceptors (Lipinski definition) is 8. The topological polar surface area (TPSA) is 92.7 Å². The van der Waals surface area contributed by atoms with Crippen molar-refractivity contribution in [2.45, 2.75) is 126 Å². The van der Waals surface area contributed by atoms with Crippen LogP contribution in [-0.4, -0.2) is 76.5 Å². The van der Waals surface area contributed by atoms with Gasteiger partial charge in [-0.05, 0) is 132 Å². The van der Waals surface area contributed by atoms with Gasteiger partial charge in [0.25, 0.3) is 0 Å². The number of ether oxygens (including phenoxy) is 6. The summed E-state index contributed by atoms with van der Waals surface area (Å²) in [5.41, 5.74) is 16.4. The number of methoxy groups -OCH3 is 6. The molecule has 526 valence electrons. The summed E-state index contributed by atoms with van der Waals surface area (Å²) in [5.74, 6) is -1.43. The van der Waals surface area contributed by atoms with Crippen LogP contribution < -0.4 is 53.5 Å². The fourth-order valence-corrected chi connectivity index (χ4v) is 19.4. The zero-order valence-corrected chi connectivity index (χ0v) is 68.0. The van der Waals surface area contributed by atoms with E-state index in [9.17, 15) is 4.79 Å². The molecule has 0 saturated carbocycles. The number of Topliss-reactive ketones (excluding diaryl/α,β-unsaturated/α-hetero) is 1. The Balaban J connectivity index is 0.000000193. The van der Waals surface area contributed by atoms with E-state index in [1.807, 2.05) is 48.5 Å². The summed E-state index contributed by atoms with van der Waals surface area (Å²) < 4.78 is 34.8. The monoisotopic (exact) mass is 1800 g/mol. The Hall–Kier alpha value is -2.82. The molecule has 9 aromatic carbocycles. The maximum Gasteiger partial charge on any atom is 1.00 e. The molecule has 1 N–H and O–H groups in total. The van der Waals surface area contributed by atoms with Crippen molar-refractivity contribution in [2.24, 2.45) is 0 Å². The molecule has 0 spiro atoms. The SMILES string of the molecule is BrC(Br)c1ccccc1C(Br)Br.C.C.C.C.CC(C)(C)O.COC1(OC)C2(Cl)C(Cl)=C(Cl)C1(Cl)c1ccccc12.COC1(OC)C2C=CC1c1ccccc12.COC1(OC)C2c3ccccc3C1c1cc3ccccc3cc12.O=C1C2c3ccccc3C1c1cc3ccccc3cc12.[I-].[Na+]. The number of carbonyl (C=O) groups excluding carboxylic acids is 1. The second-order valence-corrected chi connectivity index (χ2v) is 33.2. The van der Waals surface area contributed by atoms with Gasteiger partial charge in [-0.3, -0.25) is 4.79 Å². The molecule has 8 aliphatic carbocycles. The van der Waals surface area contributed by atoms with Crippen molar-refractivity contribution in [1.29, 1.82) is 0 Å². The molecule has 100 heavy (non-hydrogen) atoms. The van der Waals surface area contributed by atoms with Crippen LogP contribution in [0.1, 0.15) is 171 Å². The average molecular weight is 1810 g/mol. The van der Waals surface area contributed by atoms with Crippen LogP contribution >= 0.6 is 110 Å². The first-order chi connectivity index (χ1) is 45.0. The van der Waals surface area contributed by atoms with Gasteiger partial charge in [-0.2, -0.15) is 0 Å². The fraction of sp³-hybridized carbons (Fsp3) is 0.329. The molecule has 0 heterocycles. The molecule has 9 aromatic rings. The molecule has 0 fully saturated rings. The van der Waals surface area contributed by atoms with E-state index in [1.165, 1.54) is 103 Å². The summed E-state index contributed by atoms with van der Waals surface area (Å²) in [6, 6.07) is 67.0. The largest absolute Gasteiger partial charge is 1.00 e. The van der Waals surface area contributed by atoms with E-state index in [1.54, 1.807) is 49.2 Å². The molecule has 8 aliphatic rings. The van der Waals surface area contributed by atoms with Crippen LogP contribution in [-0.2, 0) is 43.0 Å². The Morgan fingerprint density at radius 3 is 0.980 bits per heavy atom. The Labute approximate surface area is 684 Å². The van der Waals surface area contributed by atoms with Gasteiger partial charge in [-0.25, -0.2) is 0 Å². The first-order valence-corrected chi connectivity index (χ1v) is 36.0. The van der Waals surface area contributed by atoms with Gasteiger partial charge < -0.3 is 57.5 Å². The number of ketones is 1. The van der Waals surface area contributed by atoms with E-state index in [2.05, 4.69) is 221 Å². The molecule has 17 rings (SSSR count). The Kier molecular flexibility index (Phi) is 29.2. The average Bonchev–Trinajstić information content (AvgIpc) is 1.48. The predicted molar refractivity (Wildman–Crippen MR) is 421 cm³/mol. The van der Waals surface area contributed by atoms with Gasteiger partial charge in [-0.15, -0.1) is 23.2 Å². The van der Waals surface area contributed by atoms with Gasteiger partial charge in [0.1, 0.15) is 0 Å². The Morgan fingerprint density at radius 2 is 0.680 bits per heavy atom. The molecular weight excluding hydrogens is 1720 g/mol. The van der Waals surface area contributed by atoms with E-state index < -0.39 is 32.7 Å². The molecule has 8 unspecified atom stereocenters. The zero-order valence-electron chi connectivity index (χ0n) is 54.5. The summed E-state index contributed by atoms with van der Waals surface area (Å²) >= 11 is 40.1. The van der Waals surface area contributed by atoms with Crippen molar-refractivity contribution >= 4 is 137 Å². The standard InChI is InChI=1S/C21H18O2.C19H12O.C13H10Cl4O2.C13H14O2.C8H6Br4.C4H10O.4CH4.HI.Na/c1-22-21(23-2)19-15-9-5-6-10-16(15)20(21)18-12-14-8-4-3-7-13(14)11-17(18)19;20-19-17-13-7-3-4-8-14(13)18(19)16-10-12-6-2-1-5-11(12)9-15(16)17;1-18-13(19-2)11(16)7-5-3-4-6-8(7)12(13,17)10(15)9(11)14;1-14-13(15-2)11-7-8-12(13)10-6-4-3-5-9(10)11;9-7(10)5-3-1-2-4-6(5)8(11)12;1-4(2,3)5;;;;;;/h3-12,19-20H,1-2H3;1-10,17-18H;3-6H,1-2H3;3-8,11-12H,1-2H3;1-4,7-8H;5H,1-3H3;4*1H4;1H;/q;;;;;;;;;;;+1/p-1. The maximum absolute atomic E-state index is 12.7. The third-order valence-corrected chi connectivity index (χ3v) is 24.0. The van der Waals surface area contributed by atoms with E-state index >= 15 is 0 Å². The quantitative estimate of drug-likeness (QED) is 0.0529. The van der Waals surface area contributed by atoms with E-state index in [-0.39, 0.29) is 136 Å². The number of aliphatic hydroxyl groups is 1. The second-order valence-electron chi connectivity index (χ2n) is 25.2. The number of fused-ring (bicyclic) bond motifs is 28. The summed E-state index contributed by atoms with van der Waals surface area (Å²) in [7, 11) is 9.93. The van der Waals surface area contributed by atoms with Crippen molar-refractivity contribution in [1.82, 2.24) is 0 Å². The summed E-state index contributed by atoms with van der Waals surface area (Å²) in [6.07, 6.45) is 4.39. The van der Waals surface area contributed by atoms with Crippen LogP contribution in [0.25, 0.3) is 21.5 Å². The number of rotatable bonds is 8. The van der Waals surface area contributed by atoms with E-state index in [0.29, 0.717) is 5.78 Å². The molecule has 18 heteroatoms. The van der Waals surface area contributed by atoms with Crippen molar-refractivity contribution in [3.05, 3.63) is 294 Å². The van der Waals surface area contributed by atoms with Crippen LogP contribution in [0.2, 0.25) is 0 Å². The van der Waals surface area contributed by atoms with Gasteiger partial charge in [0, 0.05) is 42.7 Å². The maximum atomic E-state index is 12.7. The number of hydrogen-bond donors (Lipinski definition) is 1. The van der Waals surface area contributed by atoms with Crippen molar-refractivity contribution < 1.29 is 91.9 Å². The Morgan fingerprint density at radius 1 is 0.410 bits per heavy atom. The smallest absolute Gasteiger partial charge is 1.00 e. The Bertz CT molecular complexity index is 4200. The van der Waals surface area contributed by atoms with Crippen LogP contribution in [0.3, 0.4) is 0 Å². The van der Waals surface area contributed by atoms with E-state index in [0.717, 1.165) is 11.1 Å². The molecule has 8 nitrogen and oxygen atoms in total. The predicted octanol–water partition coefficient (Wildman–Crippen LogP) is 17.7. The van der Waals surface area contributed by atoms with Crippen LogP contribution in [0.15, 0.2) is 216 Å². The molecule has 0 aromatic heterocycles. The number of halogens is 9. The molecule has 0 saturated heterocycles. The van der Waals surface area contributed by atoms with Crippen molar-refractivity contribution in [3.63, 3.8) is 0 Å². The van der Waals surface area contributed by atoms with Crippen LogP contribution in [0, 0.1) is 0 Å². The van der Waals surface area contributed by atoms with Gasteiger partial charge in [0.2, 0.25) is 5.79 Å². The number of benzene rings is 9. The first kappa shape index (κ1) is 86.1. The number of alkyl halides is 6. The van der Waals surface area contributed by atoms with Crippen molar-refractivity contribution in [2.75, 3.05) is 42.7 Å². The van der Waals surface area contributed by atoms with Gasteiger partial charge in [0.05, 0.1) is 58.6 Å². The zero-order chi connectivity index (χ0) is 67.0. The molecule has 8 bridgehead atoms. The van der Waals surface area contributed by atoms with Gasteiger partial charge in [-0.1, -0.05) is 311 Å². The molecule has 0 radical (unpaired) electrons. The third-order valence-electron chi connectivity index (χ3n) is 19.5. The second kappa shape index (κ2) is 34.0. The molecule has 0 amide bonds. The third kappa shape index (κ3) is 13.8. The van der Waals surface area contributed by atoms with Gasteiger partial charge in [0.15, 0.2) is 27.1 Å². The summed E-state index contributed by atoms with van der Waals surface area (Å²) in [5, 5.41) is 14.0. The summed E-state index contributed by atoms with van der Waals surface area (Å²) in [6.45, 7) is 5.23. The first-order valence-electron chi connectivity index (χ1n) is 30.8. The van der Waals surface area contributed by atoms with Crippen LogP contribution in [0.4, 0.5) is 0 Å². The van der Waals surface area contributed by atoms with Gasteiger partial charge >= 0.3 is 29.6 Å². The minimum atomic E-state index is -1.37. The van der Waals surface area contributed by atoms with Crippen LogP contribution in [0.5, 0.6) is 0 Å². The minimum absolute atomic E-state index is 0. The van der Waals surface area contributed by atoms with E-state index in [4.69, 9.17) is 79.9 Å². The fourth-order valence-electron chi connectivity index (χ4n) is 15.7. The normalized spacial score (nSPS) is 22.7. The number of carbonyl (C=O) groups is 1. The molecular formula is C82H86Br4Cl4INaO8.